The molecule has 18 heavy (non-hydrogen) atoms. The summed E-state index contributed by atoms with van der Waals surface area (Å²) in [5, 5.41) is -0.879. The maximum absolute atomic E-state index is 11.4. The molecule has 0 bridgehead atoms. The second-order valence-corrected chi connectivity index (χ2v) is 6.09. The number of rotatable bonds is 4. The van der Waals surface area contributed by atoms with Gasteiger partial charge in [0, 0.05) is 12.5 Å². The van der Waals surface area contributed by atoms with E-state index in [0.717, 1.165) is 6.26 Å². The molecular formula is C10H15N3O4S. The molecule has 1 rings (SSSR count). The molecule has 1 aromatic heterocycles. The predicted octanol–water partition coefficient (Wildman–Crippen LogP) is 0.341. The van der Waals surface area contributed by atoms with Crippen molar-refractivity contribution in [2.75, 3.05) is 18.6 Å². The van der Waals surface area contributed by atoms with Crippen molar-refractivity contribution in [2.24, 2.45) is 0 Å². The average molecular weight is 273 g/mol. The Bertz CT molecular complexity index is 556. The molecule has 1 unspecified atom stereocenters. The maximum atomic E-state index is 11.4. The Morgan fingerprint density at radius 1 is 1.56 bits per heavy atom. The van der Waals surface area contributed by atoms with E-state index in [1.807, 2.05) is 0 Å². The van der Waals surface area contributed by atoms with Crippen molar-refractivity contribution in [1.82, 2.24) is 9.97 Å². The van der Waals surface area contributed by atoms with Gasteiger partial charge < -0.3 is 10.5 Å². The highest BCUT2D eigenvalue weighted by Crippen LogP contribution is 2.19. The SMILES string of the molecule is CCOC(=O)c1cnc(C(C)S(C)(=O)=O)nc1N. The number of nitrogens with zero attached hydrogens (tertiary/aromatic N) is 2. The first-order valence-electron chi connectivity index (χ1n) is 5.25. The summed E-state index contributed by atoms with van der Waals surface area (Å²) in [6, 6.07) is 0. The summed E-state index contributed by atoms with van der Waals surface area (Å²) in [4.78, 5) is 19.1. The lowest BCUT2D eigenvalue weighted by atomic mass is 10.3. The molecule has 0 radical (unpaired) electrons. The van der Waals surface area contributed by atoms with Crippen molar-refractivity contribution in [3.05, 3.63) is 17.6 Å². The van der Waals surface area contributed by atoms with Crippen molar-refractivity contribution in [2.45, 2.75) is 19.1 Å². The molecule has 0 fully saturated rings. The number of nitrogen functional groups attached to an aromatic ring is 1. The Balaban J connectivity index is 3.10. The third-order valence-electron chi connectivity index (χ3n) is 2.34. The Labute approximate surface area is 105 Å². The molecule has 0 saturated heterocycles. The predicted molar refractivity (Wildman–Crippen MR) is 65.7 cm³/mol. The van der Waals surface area contributed by atoms with E-state index in [2.05, 4.69) is 9.97 Å². The van der Waals surface area contributed by atoms with E-state index >= 15 is 0 Å². The van der Waals surface area contributed by atoms with Crippen molar-refractivity contribution < 1.29 is 17.9 Å². The summed E-state index contributed by atoms with van der Waals surface area (Å²) < 4.78 is 27.5. The molecule has 8 heteroatoms. The van der Waals surface area contributed by atoms with Gasteiger partial charge in [-0.05, 0) is 13.8 Å². The summed E-state index contributed by atoms with van der Waals surface area (Å²) in [6.45, 7) is 3.32. The van der Waals surface area contributed by atoms with Crippen molar-refractivity contribution in [1.29, 1.82) is 0 Å². The van der Waals surface area contributed by atoms with Crippen LogP contribution in [0.1, 0.15) is 35.3 Å². The second-order valence-electron chi connectivity index (χ2n) is 3.72. The monoisotopic (exact) mass is 273 g/mol. The molecule has 100 valence electrons. The number of carbonyl (C=O) groups is 1. The van der Waals surface area contributed by atoms with Gasteiger partial charge in [0.2, 0.25) is 0 Å². The van der Waals surface area contributed by atoms with Crippen LogP contribution >= 0.6 is 0 Å². The van der Waals surface area contributed by atoms with Gasteiger partial charge in [-0.15, -0.1) is 0 Å². The van der Waals surface area contributed by atoms with Crippen LogP contribution in [0.15, 0.2) is 6.20 Å². The Kier molecular flexibility index (Phi) is 4.23. The quantitative estimate of drug-likeness (QED) is 0.787. The highest BCUT2D eigenvalue weighted by molar-refractivity contribution is 7.90. The van der Waals surface area contributed by atoms with E-state index in [0.29, 0.717) is 0 Å². The highest BCUT2D eigenvalue weighted by atomic mass is 32.2. The zero-order valence-corrected chi connectivity index (χ0v) is 11.2. The van der Waals surface area contributed by atoms with Crippen molar-refractivity contribution in [3.8, 4) is 0 Å². The van der Waals surface area contributed by atoms with Crippen LogP contribution in [0, 0.1) is 0 Å². The van der Waals surface area contributed by atoms with Crippen LogP contribution in [0.2, 0.25) is 0 Å². The van der Waals surface area contributed by atoms with Gasteiger partial charge in [0.25, 0.3) is 0 Å². The van der Waals surface area contributed by atoms with Crippen LogP contribution in [0.4, 0.5) is 5.82 Å². The van der Waals surface area contributed by atoms with Gasteiger partial charge in [-0.2, -0.15) is 0 Å². The topological polar surface area (TPSA) is 112 Å². The van der Waals surface area contributed by atoms with Gasteiger partial charge >= 0.3 is 5.97 Å². The number of carbonyl (C=O) groups excluding carboxylic acids is 1. The van der Waals surface area contributed by atoms with E-state index in [4.69, 9.17) is 10.5 Å². The molecule has 7 nitrogen and oxygen atoms in total. The fourth-order valence-electron chi connectivity index (χ4n) is 1.16. The number of ether oxygens (including phenoxy) is 1. The molecule has 0 spiro atoms. The van der Waals surface area contributed by atoms with E-state index in [9.17, 15) is 13.2 Å². The van der Waals surface area contributed by atoms with Crippen LogP contribution in [0.3, 0.4) is 0 Å². The van der Waals surface area contributed by atoms with Gasteiger partial charge in [0.15, 0.2) is 9.84 Å². The Morgan fingerprint density at radius 2 is 2.17 bits per heavy atom. The molecule has 1 atom stereocenters. The van der Waals surface area contributed by atoms with Crippen molar-refractivity contribution in [3.63, 3.8) is 0 Å². The minimum Gasteiger partial charge on any atom is -0.462 e. The standard InChI is InChI=1S/C10H15N3O4S/c1-4-17-10(14)7-5-12-9(13-8(7)11)6(2)18(3,15)16/h5-6H,4H2,1-3H3,(H2,11,12,13). The third kappa shape index (κ3) is 3.16. The molecule has 1 aromatic rings. The molecule has 2 N–H and O–H groups in total. The zero-order valence-electron chi connectivity index (χ0n) is 10.4. The van der Waals surface area contributed by atoms with Crippen LogP contribution in [-0.2, 0) is 14.6 Å². The third-order valence-corrected chi connectivity index (χ3v) is 3.83. The van der Waals surface area contributed by atoms with Gasteiger partial charge in [-0.3, -0.25) is 0 Å². The van der Waals surface area contributed by atoms with Crippen molar-refractivity contribution >= 4 is 21.6 Å². The van der Waals surface area contributed by atoms with Gasteiger partial charge in [-0.25, -0.2) is 23.2 Å². The summed E-state index contributed by atoms with van der Waals surface area (Å²) in [5.74, 6) is -0.662. The molecule has 0 aliphatic rings. The molecule has 0 saturated carbocycles. The molecule has 0 aromatic carbocycles. The maximum Gasteiger partial charge on any atom is 0.343 e. The minimum atomic E-state index is -3.31. The molecule has 0 aliphatic carbocycles. The summed E-state index contributed by atoms with van der Waals surface area (Å²) >= 11 is 0. The second kappa shape index (κ2) is 5.30. The van der Waals surface area contributed by atoms with Crippen LogP contribution < -0.4 is 5.73 Å². The largest absolute Gasteiger partial charge is 0.462 e. The van der Waals surface area contributed by atoms with E-state index in [-0.39, 0.29) is 23.8 Å². The summed E-state index contributed by atoms with van der Waals surface area (Å²) in [5.41, 5.74) is 5.62. The minimum absolute atomic E-state index is 0.0290. The number of hydrogen-bond donors (Lipinski definition) is 1. The zero-order chi connectivity index (χ0) is 13.9. The van der Waals surface area contributed by atoms with Gasteiger partial charge in [-0.1, -0.05) is 0 Å². The van der Waals surface area contributed by atoms with Crippen LogP contribution in [0.25, 0.3) is 0 Å². The first-order chi connectivity index (χ1) is 8.27. The number of nitrogens with two attached hydrogens (primary N) is 1. The lowest BCUT2D eigenvalue weighted by Gasteiger charge is -2.10. The van der Waals surface area contributed by atoms with Crippen LogP contribution in [0.5, 0.6) is 0 Å². The van der Waals surface area contributed by atoms with Gasteiger partial charge in [0.05, 0.1) is 6.61 Å². The normalized spacial score (nSPS) is 13.1. The molecule has 1 heterocycles. The lowest BCUT2D eigenvalue weighted by Crippen LogP contribution is -2.16. The summed E-state index contributed by atoms with van der Waals surface area (Å²) in [6.07, 6.45) is 2.26. The first kappa shape index (κ1) is 14.4. The Hall–Kier alpha value is -1.70. The number of hydrogen-bond acceptors (Lipinski definition) is 7. The highest BCUT2D eigenvalue weighted by Gasteiger charge is 2.22. The fourth-order valence-corrected chi connectivity index (χ4v) is 1.66. The van der Waals surface area contributed by atoms with E-state index in [1.54, 1.807) is 6.92 Å². The number of aromatic nitrogens is 2. The van der Waals surface area contributed by atoms with Crippen LogP contribution in [-0.4, -0.2) is 37.2 Å². The van der Waals surface area contributed by atoms with E-state index < -0.39 is 21.1 Å². The number of anilines is 1. The molecule has 0 aliphatic heterocycles. The first-order valence-corrected chi connectivity index (χ1v) is 7.21. The average Bonchev–Trinajstić information content (AvgIpc) is 2.26. The number of sulfone groups is 1. The van der Waals surface area contributed by atoms with Gasteiger partial charge in [0.1, 0.15) is 22.5 Å². The molecule has 0 amide bonds. The number of esters is 1. The lowest BCUT2D eigenvalue weighted by molar-refractivity contribution is 0.0526. The summed E-state index contributed by atoms with van der Waals surface area (Å²) in [7, 11) is -3.31. The molecular weight excluding hydrogens is 258 g/mol. The van der Waals surface area contributed by atoms with E-state index in [1.165, 1.54) is 13.1 Å². The smallest absolute Gasteiger partial charge is 0.343 e. The Morgan fingerprint density at radius 3 is 2.61 bits per heavy atom. The fraction of sp³-hybridized carbons (Fsp3) is 0.500.